The van der Waals surface area contributed by atoms with E-state index in [1.807, 2.05) is 13.8 Å². The predicted molar refractivity (Wildman–Crippen MR) is 122 cm³/mol. The Morgan fingerprint density at radius 3 is 2.48 bits per heavy atom. The molecule has 0 bridgehead atoms. The number of halogens is 2. The van der Waals surface area contributed by atoms with E-state index in [2.05, 4.69) is 0 Å². The molecule has 1 aromatic rings. The number of benzene rings is 1. The fourth-order valence-corrected chi connectivity index (χ4v) is 4.97. The summed E-state index contributed by atoms with van der Waals surface area (Å²) < 4.78 is 11.0. The minimum Gasteiger partial charge on any atom is -0.463 e. The third kappa shape index (κ3) is 5.37. The predicted octanol–water partition coefficient (Wildman–Crippen LogP) is 4.33. The zero-order valence-corrected chi connectivity index (χ0v) is 19.6. The first-order chi connectivity index (χ1) is 14.7. The number of esters is 1. The highest BCUT2D eigenvalue weighted by atomic mass is 35.5. The molecule has 6 nitrogen and oxygen atoms in total. The number of ether oxygens (including phenoxy) is 2. The summed E-state index contributed by atoms with van der Waals surface area (Å²) in [7, 11) is 0. The van der Waals surface area contributed by atoms with E-state index in [1.165, 1.54) is 0 Å². The minimum atomic E-state index is -0.595. The lowest BCUT2D eigenvalue weighted by Crippen LogP contribution is -2.44. The average Bonchev–Trinajstić information content (AvgIpc) is 2.65. The van der Waals surface area contributed by atoms with E-state index in [-0.39, 0.29) is 24.4 Å². The smallest absolute Gasteiger partial charge is 0.336 e. The number of ketones is 1. The molecular weight excluding hydrogens is 439 g/mol. The van der Waals surface area contributed by atoms with Gasteiger partial charge in [-0.15, -0.1) is 0 Å². The van der Waals surface area contributed by atoms with Crippen molar-refractivity contribution in [3.63, 3.8) is 0 Å². The quantitative estimate of drug-likeness (QED) is 0.476. The van der Waals surface area contributed by atoms with Crippen LogP contribution in [0.2, 0.25) is 10.0 Å². The topological polar surface area (TPSA) is 91.0 Å². The van der Waals surface area contributed by atoms with Gasteiger partial charge in [-0.25, -0.2) is 4.79 Å². The summed E-state index contributed by atoms with van der Waals surface area (Å²) in [6.07, 6.45) is 1.04. The monoisotopic (exact) mass is 466 g/mol. The summed E-state index contributed by atoms with van der Waals surface area (Å²) in [6, 6.07) is 5.10. The molecule has 168 valence electrons. The van der Waals surface area contributed by atoms with Crippen LogP contribution < -0.4 is 5.73 Å². The molecule has 2 unspecified atom stereocenters. The van der Waals surface area contributed by atoms with Crippen molar-refractivity contribution >= 4 is 40.7 Å². The van der Waals surface area contributed by atoms with Crippen LogP contribution in [-0.2, 0) is 19.1 Å². The summed E-state index contributed by atoms with van der Waals surface area (Å²) in [4.78, 5) is 31.2. The Morgan fingerprint density at radius 2 is 1.87 bits per heavy atom. The average molecular weight is 467 g/mol. The number of aliphatic imine (C=N–C) groups is 1. The number of rotatable bonds is 7. The van der Waals surface area contributed by atoms with E-state index >= 15 is 0 Å². The number of hydrogen-bond donors (Lipinski definition) is 1. The van der Waals surface area contributed by atoms with Crippen molar-refractivity contribution in [1.29, 1.82) is 0 Å². The maximum absolute atomic E-state index is 13.3. The molecule has 1 heterocycles. The third-order valence-corrected chi connectivity index (χ3v) is 5.93. The van der Waals surface area contributed by atoms with Crippen molar-refractivity contribution < 1.29 is 19.1 Å². The number of Topliss-reactive ketones (excluding diaryl/α,β-unsaturated/α-hetero) is 1. The molecule has 0 radical (unpaired) electrons. The SMILES string of the molecule is CCOC(=O)C1=C(COCCN)N=C2CC(C)(C)CC(=O)C2C1c1cc(Cl)cc(Cl)c1. The fraction of sp³-hybridized carbons (Fsp3) is 0.522. The third-order valence-electron chi connectivity index (χ3n) is 5.49. The number of nitrogens with zero attached hydrogens (tertiary/aromatic N) is 1. The number of fused-ring (bicyclic) bond motifs is 1. The molecule has 1 aromatic carbocycles. The van der Waals surface area contributed by atoms with Crippen molar-refractivity contribution in [1.82, 2.24) is 0 Å². The van der Waals surface area contributed by atoms with Gasteiger partial charge in [0, 0.05) is 34.6 Å². The van der Waals surface area contributed by atoms with E-state index in [9.17, 15) is 9.59 Å². The molecular formula is C23H28Cl2N2O4. The molecule has 2 atom stereocenters. The van der Waals surface area contributed by atoms with Crippen LogP contribution in [0.15, 0.2) is 34.5 Å². The Morgan fingerprint density at radius 1 is 1.19 bits per heavy atom. The number of nitrogens with two attached hydrogens (primary N) is 1. The molecule has 1 fully saturated rings. The van der Waals surface area contributed by atoms with Crippen LogP contribution in [-0.4, -0.2) is 43.8 Å². The van der Waals surface area contributed by atoms with Crippen LogP contribution in [0.25, 0.3) is 0 Å². The minimum absolute atomic E-state index is 0.0415. The lowest BCUT2D eigenvalue weighted by molar-refractivity contribution is -0.139. The molecule has 0 spiro atoms. The van der Waals surface area contributed by atoms with Gasteiger partial charge in [0.1, 0.15) is 5.78 Å². The van der Waals surface area contributed by atoms with Gasteiger partial charge in [-0.2, -0.15) is 0 Å². The fourth-order valence-electron chi connectivity index (χ4n) is 4.43. The van der Waals surface area contributed by atoms with Crippen LogP contribution in [0.1, 0.15) is 45.1 Å². The Kier molecular flexibility index (Phi) is 7.58. The number of carbonyl (C=O) groups is 2. The first-order valence-corrected chi connectivity index (χ1v) is 11.2. The zero-order valence-electron chi connectivity index (χ0n) is 18.0. The van der Waals surface area contributed by atoms with Gasteiger partial charge in [-0.3, -0.25) is 9.79 Å². The molecule has 31 heavy (non-hydrogen) atoms. The lowest BCUT2D eigenvalue weighted by Gasteiger charge is -2.41. The summed E-state index contributed by atoms with van der Waals surface area (Å²) in [5, 5.41) is 0.860. The van der Waals surface area contributed by atoms with Gasteiger partial charge in [-0.05, 0) is 42.5 Å². The molecule has 0 saturated heterocycles. The van der Waals surface area contributed by atoms with E-state index < -0.39 is 17.8 Å². The van der Waals surface area contributed by atoms with Gasteiger partial charge in [0.25, 0.3) is 0 Å². The van der Waals surface area contributed by atoms with Gasteiger partial charge in [0.15, 0.2) is 0 Å². The van der Waals surface area contributed by atoms with Crippen molar-refractivity contribution in [2.24, 2.45) is 22.1 Å². The lowest BCUT2D eigenvalue weighted by atomic mass is 9.63. The Bertz CT molecular complexity index is 919. The Labute approximate surface area is 192 Å². The maximum atomic E-state index is 13.3. The van der Waals surface area contributed by atoms with Gasteiger partial charge < -0.3 is 15.2 Å². The van der Waals surface area contributed by atoms with E-state index in [1.54, 1.807) is 25.1 Å². The van der Waals surface area contributed by atoms with Gasteiger partial charge in [0.2, 0.25) is 0 Å². The van der Waals surface area contributed by atoms with Crippen LogP contribution >= 0.6 is 23.2 Å². The summed E-state index contributed by atoms with van der Waals surface area (Å²) in [5.41, 5.74) is 7.56. The van der Waals surface area contributed by atoms with E-state index in [4.69, 9.17) is 43.4 Å². The molecule has 1 aliphatic carbocycles. The molecule has 8 heteroatoms. The summed E-state index contributed by atoms with van der Waals surface area (Å²) in [6.45, 7) is 6.80. The molecule has 1 saturated carbocycles. The standard InChI is InChI=1S/C23H28Cl2N2O4/c1-4-31-22(29)21-17(12-30-6-5-26)27-16-10-23(2,3)11-18(28)20(16)19(21)13-7-14(24)9-15(25)8-13/h7-9,19-20H,4-6,10-12,26H2,1-3H3. The molecule has 0 amide bonds. The highest BCUT2D eigenvalue weighted by molar-refractivity contribution is 6.34. The van der Waals surface area contributed by atoms with Crippen LogP contribution in [0, 0.1) is 11.3 Å². The maximum Gasteiger partial charge on any atom is 0.336 e. The van der Waals surface area contributed by atoms with Crippen molar-refractivity contribution in [3.05, 3.63) is 45.1 Å². The van der Waals surface area contributed by atoms with Crippen LogP contribution in [0.3, 0.4) is 0 Å². The molecule has 1 aliphatic heterocycles. The van der Waals surface area contributed by atoms with Crippen LogP contribution in [0.4, 0.5) is 0 Å². The number of hydrogen-bond acceptors (Lipinski definition) is 6. The first-order valence-electron chi connectivity index (χ1n) is 10.4. The van der Waals surface area contributed by atoms with Crippen molar-refractivity contribution in [3.8, 4) is 0 Å². The van der Waals surface area contributed by atoms with Gasteiger partial charge >= 0.3 is 5.97 Å². The molecule has 2 N–H and O–H groups in total. The number of carbonyl (C=O) groups excluding carboxylic acids is 2. The zero-order chi connectivity index (χ0) is 22.8. The highest BCUT2D eigenvalue weighted by Gasteiger charge is 2.48. The summed E-state index contributed by atoms with van der Waals surface area (Å²) in [5.74, 6) is -1.64. The normalized spacial score (nSPS) is 22.8. The second-order valence-electron chi connectivity index (χ2n) is 8.67. The molecule has 3 rings (SSSR count). The largest absolute Gasteiger partial charge is 0.463 e. The van der Waals surface area contributed by atoms with Crippen LogP contribution in [0.5, 0.6) is 0 Å². The second-order valence-corrected chi connectivity index (χ2v) is 9.54. The van der Waals surface area contributed by atoms with E-state index in [0.717, 1.165) is 5.71 Å². The first kappa shape index (κ1) is 23.9. The molecule has 0 aromatic heterocycles. The van der Waals surface area contributed by atoms with Crippen molar-refractivity contribution in [2.75, 3.05) is 26.4 Å². The Balaban J connectivity index is 2.21. The highest BCUT2D eigenvalue weighted by Crippen LogP contribution is 2.47. The van der Waals surface area contributed by atoms with E-state index in [0.29, 0.717) is 52.9 Å². The Hall–Kier alpha value is -1.73. The van der Waals surface area contributed by atoms with Crippen molar-refractivity contribution in [2.45, 2.75) is 39.5 Å². The molecule has 2 aliphatic rings. The van der Waals surface area contributed by atoms with Gasteiger partial charge in [-0.1, -0.05) is 37.0 Å². The second kappa shape index (κ2) is 9.82. The van der Waals surface area contributed by atoms with Gasteiger partial charge in [0.05, 0.1) is 37.0 Å². The summed E-state index contributed by atoms with van der Waals surface area (Å²) >= 11 is 12.6.